The number of hydrogen-bond acceptors (Lipinski definition) is 10. The van der Waals surface area contributed by atoms with Crippen LogP contribution in [0.2, 0.25) is 0 Å². The first-order valence-electron chi connectivity index (χ1n) is 11.0. The van der Waals surface area contributed by atoms with Crippen LogP contribution in [0.3, 0.4) is 0 Å². The number of aromatic nitrogens is 2. The summed E-state index contributed by atoms with van der Waals surface area (Å²) in [5.74, 6) is -0.430. The van der Waals surface area contributed by atoms with Crippen LogP contribution >= 0.6 is 7.60 Å². The van der Waals surface area contributed by atoms with Crippen molar-refractivity contribution >= 4 is 13.6 Å². The first-order chi connectivity index (χ1) is 15.6. The molecular formula is C20H31N2O10P. The lowest BCUT2D eigenvalue weighted by Crippen LogP contribution is -2.50. The van der Waals surface area contributed by atoms with Gasteiger partial charge in [0.05, 0.1) is 32.5 Å². The van der Waals surface area contributed by atoms with Crippen molar-refractivity contribution in [3.8, 4) is 0 Å². The topological polar surface area (TPSA) is 144 Å². The lowest BCUT2D eigenvalue weighted by molar-refractivity contribution is -0.279. The standard InChI is InChI=1S/C20H31N2O10P/c1-5-29-33(26,30-6-2)20(8-7-9-27-14(4)23)28-12-16-15(32-20)10-17(31-16)22-11-13(3)18(24)21-19(22)25/h11,15-17H,5-10,12H2,1-4H3,(H,21,24,25)/t15-,16+,17+,20-/m0/s1. The molecule has 12 nitrogen and oxygen atoms in total. The molecule has 3 rings (SSSR count). The monoisotopic (exact) mass is 490 g/mol. The Labute approximate surface area is 191 Å². The number of rotatable bonds is 10. The van der Waals surface area contributed by atoms with E-state index in [0.29, 0.717) is 12.0 Å². The third-order valence-electron chi connectivity index (χ3n) is 5.40. The molecule has 2 fully saturated rings. The number of H-pyrrole nitrogens is 1. The molecule has 0 aromatic carbocycles. The van der Waals surface area contributed by atoms with E-state index in [-0.39, 0.29) is 39.3 Å². The lowest BCUT2D eigenvalue weighted by Gasteiger charge is -2.44. The Morgan fingerprint density at radius 2 is 1.97 bits per heavy atom. The first kappa shape index (κ1) is 25.8. The van der Waals surface area contributed by atoms with Gasteiger partial charge in [0.2, 0.25) is 0 Å². The highest BCUT2D eigenvalue weighted by Gasteiger charge is 2.60. The maximum absolute atomic E-state index is 13.8. The molecular weight excluding hydrogens is 459 g/mol. The Morgan fingerprint density at radius 3 is 2.61 bits per heavy atom. The van der Waals surface area contributed by atoms with E-state index < -0.39 is 48.8 Å². The van der Waals surface area contributed by atoms with E-state index in [4.69, 9.17) is 28.0 Å². The van der Waals surface area contributed by atoms with Crippen LogP contribution in [-0.4, -0.2) is 59.7 Å². The van der Waals surface area contributed by atoms with E-state index in [1.807, 2.05) is 0 Å². The van der Waals surface area contributed by atoms with E-state index >= 15 is 0 Å². The molecule has 1 aromatic rings. The molecule has 0 radical (unpaired) electrons. The molecule has 1 aromatic heterocycles. The summed E-state index contributed by atoms with van der Waals surface area (Å²) in [6, 6.07) is 0. The molecule has 3 heterocycles. The van der Waals surface area contributed by atoms with Crippen LogP contribution in [0.25, 0.3) is 0 Å². The summed E-state index contributed by atoms with van der Waals surface area (Å²) in [4.78, 5) is 37.4. The zero-order valence-electron chi connectivity index (χ0n) is 19.2. The summed E-state index contributed by atoms with van der Waals surface area (Å²) in [6.07, 6.45) is 0.248. The highest BCUT2D eigenvalue weighted by Crippen LogP contribution is 2.65. The molecule has 0 saturated carbocycles. The van der Waals surface area contributed by atoms with Gasteiger partial charge in [0.15, 0.2) is 0 Å². The number of hydrogen-bond donors (Lipinski definition) is 1. The summed E-state index contributed by atoms with van der Waals surface area (Å²) in [5, 5.41) is 0. The number of aryl methyl sites for hydroxylation is 1. The fourth-order valence-corrected chi connectivity index (χ4v) is 6.00. The van der Waals surface area contributed by atoms with Crippen molar-refractivity contribution in [3.63, 3.8) is 0 Å². The molecule has 2 aliphatic rings. The maximum Gasteiger partial charge on any atom is 0.389 e. The predicted octanol–water partition coefficient (Wildman–Crippen LogP) is 1.81. The van der Waals surface area contributed by atoms with Gasteiger partial charge in [-0.15, -0.1) is 0 Å². The summed E-state index contributed by atoms with van der Waals surface area (Å²) in [6.45, 7) is 6.58. The van der Waals surface area contributed by atoms with E-state index in [2.05, 4.69) is 4.98 Å². The van der Waals surface area contributed by atoms with E-state index in [1.165, 1.54) is 17.7 Å². The molecule has 2 saturated heterocycles. The lowest BCUT2D eigenvalue weighted by atomic mass is 10.1. The van der Waals surface area contributed by atoms with Crippen LogP contribution < -0.4 is 11.2 Å². The molecule has 13 heteroatoms. The van der Waals surface area contributed by atoms with Gasteiger partial charge in [0.1, 0.15) is 12.3 Å². The van der Waals surface area contributed by atoms with Crippen molar-refractivity contribution < 1.29 is 37.4 Å². The van der Waals surface area contributed by atoms with Crippen LogP contribution in [0.1, 0.15) is 51.8 Å². The van der Waals surface area contributed by atoms with Crippen LogP contribution in [0.15, 0.2) is 15.8 Å². The summed E-state index contributed by atoms with van der Waals surface area (Å²) in [5.41, 5.74) is -2.42. The molecule has 0 aliphatic carbocycles. The Morgan fingerprint density at radius 1 is 1.27 bits per heavy atom. The summed E-state index contributed by atoms with van der Waals surface area (Å²) >= 11 is 0. The largest absolute Gasteiger partial charge is 0.466 e. The Bertz CT molecular complexity index is 997. The second kappa shape index (κ2) is 10.6. The number of nitrogens with zero attached hydrogens (tertiary/aromatic N) is 1. The zero-order valence-corrected chi connectivity index (χ0v) is 20.1. The second-order valence-corrected chi connectivity index (χ2v) is 9.99. The van der Waals surface area contributed by atoms with Gasteiger partial charge in [-0.3, -0.25) is 23.7 Å². The maximum atomic E-state index is 13.8. The average Bonchev–Trinajstić information content (AvgIpc) is 3.16. The van der Waals surface area contributed by atoms with Gasteiger partial charge in [0.25, 0.3) is 11.1 Å². The minimum atomic E-state index is -3.91. The molecule has 0 spiro atoms. The number of carbonyl (C=O) groups is 1. The van der Waals surface area contributed by atoms with Crippen LogP contribution in [0.5, 0.6) is 0 Å². The number of esters is 1. The molecule has 0 unspecified atom stereocenters. The number of carbonyl (C=O) groups excluding carboxylic acids is 1. The normalized spacial score (nSPS) is 27.3. The Hall–Kier alpha value is -1.82. The van der Waals surface area contributed by atoms with Gasteiger partial charge in [-0.05, 0) is 27.2 Å². The number of nitrogens with one attached hydrogen (secondary N) is 1. The molecule has 0 bridgehead atoms. The quantitative estimate of drug-likeness (QED) is 0.293. The van der Waals surface area contributed by atoms with Gasteiger partial charge < -0.3 is 28.0 Å². The average molecular weight is 490 g/mol. The van der Waals surface area contributed by atoms with Gasteiger partial charge >= 0.3 is 19.3 Å². The first-order valence-corrected chi connectivity index (χ1v) is 12.5. The Balaban J connectivity index is 1.85. The number of aromatic amines is 1. The minimum absolute atomic E-state index is 0.0238. The molecule has 186 valence electrons. The zero-order chi connectivity index (χ0) is 24.2. The third kappa shape index (κ3) is 5.47. The SMILES string of the molecule is CCOP(=O)(OCC)[C@@]1(CCCOC(C)=O)OC[C@H]2O[C@@H](n3cc(C)c(=O)[nH]c3=O)C[C@@H]2O1. The molecule has 2 aliphatic heterocycles. The minimum Gasteiger partial charge on any atom is -0.466 e. The molecule has 0 amide bonds. The van der Waals surface area contributed by atoms with E-state index in [9.17, 15) is 18.9 Å². The van der Waals surface area contributed by atoms with Crippen LogP contribution in [-0.2, 0) is 37.4 Å². The highest BCUT2D eigenvalue weighted by molar-refractivity contribution is 7.55. The highest BCUT2D eigenvalue weighted by atomic mass is 31.2. The van der Waals surface area contributed by atoms with Gasteiger partial charge in [0, 0.05) is 31.5 Å². The Kier molecular flexibility index (Phi) is 8.31. The van der Waals surface area contributed by atoms with Crippen molar-refractivity contribution in [3.05, 3.63) is 32.6 Å². The van der Waals surface area contributed by atoms with Crippen molar-refractivity contribution in [2.24, 2.45) is 0 Å². The molecule has 4 atom stereocenters. The van der Waals surface area contributed by atoms with Crippen molar-refractivity contribution in [1.29, 1.82) is 0 Å². The van der Waals surface area contributed by atoms with E-state index in [1.54, 1.807) is 20.8 Å². The molecule has 1 N–H and O–H groups in total. The van der Waals surface area contributed by atoms with Gasteiger partial charge in [-0.25, -0.2) is 4.79 Å². The third-order valence-corrected chi connectivity index (χ3v) is 7.89. The fraction of sp³-hybridized carbons (Fsp3) is 0.750. The smallest absolute Gasteiger partial charge is 0.389 e. The van der Waals surface area contributed by atoms with Crippen molar-refractivity contribution in [2.75, 3.05) is 26.4 Å². The van der Waals surface area contributed by atoms with Crippen LogP contribution in [0.4, 0.5) is 0 Å². The summed E-state index contributed by atoms with van der Waals surface area (Å²) < 4.78 is 49.3. The summed E-state index contributed by atoms with van der Waals surface area (Å²) in [7, 11) is -3.91. The number of fused-ring (bicyclic) bond motifs is 1. The van der Waals surface area contributed by atoms with Crippen molar-refractivity contribution in [2.45, 2.75) is 70.9 Å². The van der Waals surface area contributed by atoms with Gasteiger partial charge in [-0.2, -0.15) is 0 Å². The van der Waals surface area contributed by atoms with Crippen molar-refractivity contribution in [1.82, 2.24) is 9.55 Å². The second-order valence-electron chi connectivity index (χ2n) is 7.80. The van der Waals surface area contributed by atoms with E-state index in [0.717, 1.165) is 0 Å². The number of ether oxygens (including phenoxy) is 4. The van der Waals surface area contributed by atoms with Gasteiger partial charge in [-0.1, -0.05) is 0 Å². The predicted molar refractivity (Wildman–Crippen MR) is 115 cm³/mol. The molecule has 33 heavy (non-hydrogen) atoms. The van der Waals surface area contributed by atoms with Crippen LogP contribution in [0, 0.1) is 6.92 Å². The fourth-order valence-electron chi connectivity index (χ4n) is 3.93.